The number of H-pyrrole nitrogens is 1. The number of pyridine rings is 2. The van der Waals surface area contributed by atoms with Gasteiger partial charge in [0.15, 0.2) is 0 Å². The van der Waals surface area contributed by atoms with Gasteiger partial charge < -0.3 is 15.8 Å². The number of aromatic amines is 1. The summed E-state index contributed by atoms with van der Waals surface area (Å²) in [6.07, 6.45) is 5.44. The third-order valence-electron chi connectivity index (χ3n) is 5.53. The first-order valence-electron chi connectivity index (χ1n) is 9.68. The zero-order chi connectivity index (χ0) is 19.1. The van der Waals surface area contributed by atoms with Crippen LogP contribution in [0.4, 0.5) is 5.82 Å². The van der Waals surface area contributed by atoms with Crippen LogP contribution in [0.3, 0.4) is 0 Å². The van der Waals surface area contributed by atoms with Crippen molar-refractivity contribution in [3.05, 3.63) is 54.4 Å². The topological polar surface area (TPSA) is 91.1 Å². The van der Waals surface area contributed by atoms with Gasteiger partial charge >= 0.3 is 0 Å². The molecule has 6 heteroatoms. The monoisotopic (exact) mass is 373 g/mol. The highest BCUT2D eigenvalue weighted by Gasteiger charge is 2.17. The molecule has 0 aliphatic carbocycles. The Morgan fingerprint density at radius 1 is 1.07 bits per heavy atom. The summed E-state index contributed by atoms with van der Waals surface area (Å²) in [5.41, 5.74) is 11.1. The van der Waals surface area contributed by atoms with Gasteiger partial charge in [0.05, 0.1) is 17.8 Å². The number of aliphatic hydroxyl groups is 1. The Labute approximate surface area is 163 Å². The largest absolute Gasteiger partial charge is 0.392 e. The lowest BCUT2D eigenvalue weighted by Crippen LogP contribution is -2.37. The van der Waals surface area contributed by atoms with Crippen LogP contribution in [0.25, 0.3) is 33.1 Å². The van der Waals surface area contributed by atoms with Crippen LogP contribution in [0.5, 0.6) is 0 Å². The summed E-state index contributed by atoms with van der Waals surface area (Å²) < 4.78 is 0. The van der Waals surface area contributed by atoms with Gasteiger partial charge in [0.1, 0.15) is 11.5 Å². The van der Waals surface area contributed by atoms with Crippen molar-refractivity contribution >= 4 is 27.8 Å². The summed E-state index contributed by atoms with van der Waals surface area (Å²) in [6.45, 7) is 2.70. The van der Waals surface area contributed by atoms with E-state index in [0.717, 1.165) is 65.5 Å². The summed E-state index contributed by atoms with van der Waals surface area (Å²) in [6, 6.07) is 12.6. The van der Waals surface area contributed by atoms with E-state index < -0.39 is 0 Å². The normalized spacial score (nSPS) is 18.1. The molecule has 1 aliphatic heterocycles. The van der Waals surface area contributed by atoms with Crippen LogP contribution in [0.1, 0.15) is 18.4 Å². The van der Waals surface area contributed by atoms with Gasteiger partial charge in [0, 0.05) is 35.6 Å². The summed E-state index contributed by atoms with van der Waals surface area (Å²) in [5, 5.41) is 11.9. The van der Waals surface area contributed by atoms with E-state index in [0.29, 0.717) is 5.82 Å². The number of hydrogen-bond acceptors (Lipinski definition) is 5. The molecule has 0 spiro atoms. The third kappa shape index (κ3) is 3.21. The number of nitrogen functional groups attached to an aromatic ring is 1. The van der Waals surface area contributed by atoms with Crippen LogP contribution in [-0.2, 0) is 6.54 Å². The summed E-state index contributed by atoms with van der Waals surface area (Å²) >= 11 is 0. The molecule has 4 N–H and O–H groups in total. The molecule has 4 heterocycles. The molecular weight excluding hydrogens is 350 g/mol. The molecule has 4 aromatic rings. The van der Waals surface area contributed by atoms with Crippen molar-refractivity contribution in [3.63, 3.8) is 0 Å². The predicted octanol–water partition coefficient (Wildman–Crippen LogP) is 3.32. The smallest absolute Gasteiger partial charge is 0.138 e. The van der Waals surface area contributed by atoms with E-state index in [2.05, 4.69) is 50.2 Å². The van der Waals surface area contributed by atoms with Crippen LogP contribution < -0.4 is 5.73 Å². The molecule has 0 radical (unpaired) electrons. The number of β-amino-alcohol motifs (C(OH)–C–C–N with tert-alkyl or cyclic N) is 1. The van der Waals surface area contributed by atoms with E-state index >= 15 is 0 Å². The first kappa shape index (κ1) is 17.2. The van der Waals surface area contributed by atoms with Gasteiger partial charge in [0.2, 0.25) is 0 Å². The van der Waals surface area contributed by atoms with Crippen molar-refractivity contribution in [2.75, 3.05) is 18.8 Å². The number of nitrogens with two attached hydrogens (primary N) is 1. The van der Waals surface area contributed by atoms with E-state index in [1.807, 2.05) is 12.3 Å². The van der Waals surface area contributed by atoms with Crippen molar-refractivity contribution in [2.45, 2.75) is 25.5 Å². The van der Waals surface area contributed by atoms with Gasteiger partial charge in [-0.3, -0.25) is 4.90 Å². The van der Waals surface area contributed by atoms with Crippen molar-refractivity contribution in [3.8, 4) is 11.1 Å². The molecule has 28 heavy (non-hydrogen) atoms. The lowest BCUT2D eigenvalue weighted by Gasteiger charge is -2.29. The first-order chi connectivity index (χ1) is 13.7. The van der Waals surface area contributed by atoms with Gasteiger partial charge in [-0.15, -0.1) is 0 Å². The maximum atomic E-state index is 9.85. The second kappa shape index (κ2) is 6.89. The highest BCUT2D eigenvalue weighted by Crippen LogP contribution is 2.29. The molecule has 1 saturated heterocycles. The van der Waals surface area contributed by atoms with Crippen molar-refractivity contribution in [1.29, 1.82) is 0 Å². The van der Waals surface area contributed by atoms with E-state index in [1.165, 1.54) is 5.56 Å². The van der Waals surface area contributed by atoms with Crippen molar-refractivity contribution in [1.82, 2.24) is 19.9 Å². The van der Waals surface area contributed by atoms with Crippen LogP contribution in [0.2, 0.25) is 0 Å². The van der Waals surface area contributed by atoms with Crippen LogP contribution in [-0.4, -0.2) is 44.2 Å². The van der Waals surface area contributed by atoms with Crippen molar-refractivity contribution in [2.24, 2.45) is 0 Å². The number of fused-ring (bicyclic) bond motifs is 3. The Bertz CT molecular complexity index is 1140. The number of anilines is 1. The van der Waals surface area contributed by atoms with Crippen molar-refractivity contribution < 1.29 is 5.11 Å². The van der Waals surface area contributed by atoms with Crippen LogP contribution >= 0.6 is 0 Å². The quantitative estimate of drug-likeness (QED) is 0.512. The first-order valence-corrected chi connectivity index (χ1v) is 9.68. The number of nitrogens with zero attached hydrogens (tertiary/aromatic N) is 3. The standard InChI is InChI=1S/C22H23N5O/c23-21-9-18-19-8-16(10-25-22(19)26-20(18)11-24-21)15-5-3-14(4-6-15)12-27-7-1-2-17(28)13-27/h3-6,8-11,17,28H,1-2,7,12-13H2,(H2,23,24)(H,25,26). The molecule has 0 amide bonds. The van der Waals surface area contributed by atoms with Gasteiger partial charge in [-0.1, -0.05) is 24.3 Å². The Kier molecular flexibility index (Phi) is 4.22. The summed E-state index contributed by atoms with van der Waals surface area (Å²) in [7, 11) is 0. The number of aliphatic hydroxyl groups excluding tert-OH is 1. The predicted molar refractivity (Wildman–Crippen MR) is 112 cm³/mol. The van der Waals surface area contributed by atoms with E-state index in [9.17, 15) is 5.11 Å². The average molecular weight is 373 g/mol. The Morgan fingerprint density at radius 3 is 2.75 bits per heavy atom. The third-order valence-corrected chi connectivity index (χ3v) is 5.53. The maximum Gasteiger partial charge on any atom is 0.138 e. The van der Waals surface area contributed by atoms with Gasteiger partial charge in [0.25, 0.3) is 0 Å². The fourth-order valence-electron chi connectivity index (χ4n) is 4.08. The molecule has 5 rings (SSSR count). The van der Waals surface area contributed by atoms with E-state index in [1.54, 1.807) is 6.20 Å². The minimum absolute atomic E-state index is 0.189. The molecule has 6 nitrogen and oxygen atoms in total. The minimum Gasteiger partial charge on any atom is -0.392 e. The zero-order valence-electron chi connectivity index (χ0n) is 15.6. The molecule has 0 bridgehead atoms. The minimum atomic E-state index is -0.189. The second-order valence-corrected chi connectivity index (χ2v) is 7.63. The lowest BCUT2D eigenvalue weighted by atomic mass is 10.0. The summed E-state index contributed by atoms with van der Waals surface area (Å²) in [4.78, 5) is 14.3. The Balaban J connectivity index is 1.43. The number of piperidine rings is 1. The number of nitrogens with one attached hydrogen (secondary N) is 1. The molecule has 1 unspecified atom stereocenters. The van der Waals surface area contributed by atoms with E-state index in [-0.39, 0.29) is 6.10 Å². The molecule has 142 valence electrons. The van der Waals surface area contributed by atoms with Gasteiger partial charge in [-0.05, 0) is 42.6 Å². The van der Waals surface area contributed by atoms with Gasteiger partial charge in [-0.2, -0.15) is 0 Å². The number of aromatic nitrogens is 3. The van der Waals surface area contributed by atoms with Crippen LogP contribution in [0, 0.1) is 0 Å². The number of benzene rings is 1. The molecule has 1 fully saturated rings. The summed E-state index contributed by atoms with van der Waals surface area (Å²) in [5.74, 6) is 0.506. The second-order valence-electron chi connectivity index (χ2n) is 7.63. The number of rotatable bonds is 3. The number of hydrogen-bond donors (Lipinski definition) is 3. The molecule has 1 aromatic carbocycles. The molecule has 0 saturated carbocycles. The van der Waals surface area contributed by atoms with E-state index in [4.69, 9.17) is 5.73 Å². The molecule has 1 atom stereocenters. The fraction of sp³-hybridized carbons (Fsp3) is 0.273. The molecule has 1 aliphatic rings. The van der Waals surface area contributed by atoms with Gasteiger partial charge in [-0.25, -0.2) is 9.97 Å². The highest BCUT2D eigenvalue weighted by molar-refractivity contribution is 6.07. The highest BCUT2D eigenvalue weighted by atomic mass is 16.3. The molecule has 3 aromatic heterocycles. The molecular formula is C22H23N5O. The van der Waals surface area contributed by atoms with Crippen LogP contribution in [0.15, 0.2) is 48.8 Å². The average Bonchev–Trinajstić information content (AvgIpc) is 3.06. The number of likely N-dealkylation sites (tertiary alicyclic amines) is 1. The maximum absolute atomic E-state index is 9.85. The zero-order valence-corrected chi connectivity index (χ0v) is 15.6. The lowest BCUT2D eigenvalue weighted by molar-refractivity contribution is 0.0668. The Morgan fingerprint density at radius 2 is 1.93 bits per heavy atom. The Hall–Kier alpha value is -2.96. The SMILES string of the molecule is Nc1cc2c(cn1)[nH]c1ncc(-c3ccc(CN4CCCC(O)C4)cc3)cc12. The fourth-order valence-corrected chi connectivity index (χ4v) is 4.08.